The van der Waals surface area contributed by atoms with E-state index in [-0.39, 0.29) is 0 Å². The number of urea groups is 1. The van der Waals surface area contributed by atoms with Gasteiger partial charge in [-0.2, -0.15) is 0 Å². The molecule has 0 spiro atoms. The van der Waals surface area contributed by atoms with Crippen molar-refractivity contribution in [3.05, 3.63) is 29.3 Å². The molecule has 0 saturated carbocycles. The third kappa shape index (κ3) is 4.52. The summed E-state index contributed by atoms with van der Waals surface area (Å²) in [6, 6.07) is 5.51. The number of carbonyl (C=O) groups is 3. The minimum atomic E-state index is -1.11. The van der Waals surface area contributed by atoms with Gasteiger partial charge in [0.15, 0.2) is 5.92 Å². The van der Waals surface area contributed by atoms with Gasteiger partial charge in [0.25, 0.3) is 5.91 Å². The number of imide groups is 2. The molecule has 27 heavy (non-hydrogen) atoms. The molecule has 2 N–H and O–H groups in total. The highest BCUT2D eigenvalue weighted by atomic mass is 35.5. The van der Waals surface area contributed by atoms with Crippen molar-refractivity contribution in [1.82, 2.24) is 15.5 Å². The standard InChI is InChI=1S/C18H22ClN5O3/c1-12(21-8-11-23-9-6-20-7-10-23)15-16(25)22-18(27)24(17(15)26)14-4-2-13(19)3-5-14/h2-5,15,20H,6-11H2,1H3,(H,22,25,27). The molecule has 3 rings (SSSR count). The predicted octanol–water partition coefficient (Wildman–Crippen LogP) is 0.905. The van der Waals surface area contributed by atoms with E-state index < -0.39 is 23.8 Å². The minimum absolute atomic E-state index is 0.355. The Morgan fingerprint density at radius 1 is 1.19 bits per heavy atom. The van der Waals surface area contributed by atoms with Crippen LogP contribution < -0.4 is 15.5 Å². The molecule has 1 unspecified atom stereocenters. The quantitative estimate of drug-likeness (QED) is 0.574. The second-order valence-corrected chi connectivity index (χ2v) is 6.93. The van der Waals surface area contributed by atoms with Crippen LogP contribution in [0.2, 0.25) is 5.02 Å². The maximum absolute atomic E-state index is 12.8. The minimum Gasteiger partial charge on any atom is -0.314 e. The van der Waals surface area contributed by atoms with Crippen molar-refractivity contribution in [3.63, 3.8) is 0 Å². The van der Waals surface area contributed by atoms with Crippen LogP contribution in [-0.2, 0) is 9.59 Å². The monoisotopic (exact) mass is 391 g/mol. The number of halogens is 1. The maximum atomic E-state index is 12.8. The van der Waals surface area contributed by atoms with E-state index in [4.69, 9.17) is 11.6 Å². The van der Waals surface area contributed by atoms with Crippen LogP contribution in [0, 0.1) is 5.92 Å². The summed E-state index contributed by atoms with van der Waals surface area (Å²) in [7, 11) is 0. The molecule has 1 atom stereocenters. The maximum Gasteiger partial charge on any atom is 0.335 e. The first-order chi connectivity index (χ1) is 13.0. The first-order valence-corrected chi connectivity index (χ1v) is 9.23. The molecule has 2 fully saturated rings. The van der Waals surface area contributed by atoms with E-state index in [9.17, 15) is 14.4 Å². The molecule has 2 aliphatic rings. The van der Waals surface area contributed by atoms with E-state index in [0.29, 0.717) is 23.0 Å². The van der Waals surface area contributed by atoms with Gasteiger partial charge in [-0.15, -0.1) is 0 Å². The summed E-state index contributed by atoms with van der Waals surface area (Å²) in [5, 5.41) is 6.01. The van der Waals surface area contributed by atoms with Crippen molar-refractivity contribution in [3.8, 4) is 0 Å². The number of rotatable bonds is 5. The van der Waals surface area contributed by atoms with E-state index in [0.717, 1.165) is 37.6 Å². The summed E-state index contributed by atoms with van der Waals surface area (Å²) in [5.41, 5.74) is 0.757. The second kappa shape index (κ2) is 8.60. The Balaban J connectivity index is 1.71. The molecular formula is C18H22ClN5O3. The number of barbiturate groups is 1. The fourth-order valence-corrected chi connectivity index (χ4v) is 3.30. The van der Waals surface area contributed by atoms with Gasteiger partial charge in [-0.05, 0) is 31.2 Å². The number of hydrogen-bond acceptors (Lipinski definition) is 6. The molecule has 0 radical (unpaired) electrons. The Bertz CT molecular complexity index is 759. The zero-order valence-electron chi connectivity index (χ0n) is 15.1. The molecule has 2 heterocycles. The Labute approximate surface area is 162 Å². The summed E-state index contributed by atoms with van der Waals surface area (Å²) >= 11 is 5.86. The number of aliphatic imine (C=N–C) groups is 1. The van der Waals surface area contributed by atoms with Gasteiger partial charge in [-0.1, -0.05) is 11.6 Å². The van der Waals surface area contributed by atoms with Gasteiger partial charge in [-0.25, -0.2) is 9.69 Å². The summed E-state index contributed by atoms with van der Waals surface area (Å²) in [6.45, 7) is 6.72. The third-order valence-corrected chi connectivity index (χ3v) is 4.90. The summed E-state index contributed by atoms with van der Waals surface area (Å²) < 4.78 is 0. The number of piperazine rings is 1. The van der Waals surface area contributed by atoms with Crippen molar-refractivity contribution in [1.29, 1.82) is 0 Å². The summed E-state index contributed by atoms with van der Waals surface area (Å²) in [5.74, 6) is -2.35. The molecule has 2 saturated heterocycles. The summed E-state index contributed by atoms with van der Waals surface area (Å²) in [6.07, 6.45) is 0. The van der Waals surface area contributed by atoms with Crippen LogP contribution >= 0.6 is 11.6 Å². The Hall–Kier alpha value is -2.29. The summed E-state index contributed by atoms with van der Waals surface area (Å²) in [4.78, 5) is 44.9. The van der Waals surface area contributed by atoms with Gasteiger partial charge in [0.05, 0.1) is 12.2 Å². The van der Waals surface area contributed by atoms with Gasteiger partial charge in [-0.3, -0.25) is 24.8 Å². The first kappa shape index (κ1) is 19.5. The molecule has 1 aromatic rings. The van der Waals surface area contributed by atoms with Crippen LogP contribution in [0.25, 0.3) is 0 Å². The van der Waals surface area contributed by atoms with Crippen molar-refractivity contribution in [2.45, 2.75) is 6.92 Å². The van der Waals surface area contributed by atoms with E-state index in [1.165, 1.54) is 0 Å². The molecule has 1 aromatic carbocycles. The average Bonchev–Trinajstić information content (AvgIpc) is 2.64. The Kier molecular flexibility index (Phi) is 6.20. The van der Waals surface area contributed by atoms with Crippen LogP contribution in [0.5, 0.6) is 0 Å². The van der Waals surface area contributed by atoms with E-state index >= 15 is 0 Å². The van der Waals surface area contributed by atoms with Gasteiger partial charge in [0.1, 0.15) is 0 Å². The number of hydrogen-bond donors (Lipinski definition) is 2. The van der Waals surface area contributed by atoms with Crippen LogP contribution in [0.3, 0.4) is 0 Å². The zero-order valence-corrected chi connectivity index (χ0v) is 15.8. The molecule has 0 aromatic heterocycles. The van der Waals surface area contributed by atoms with Crippen LogP contribution in [0.4, 0.5) is 10.5 Å². The van der Waals surface area contributed by atoms with Gasteiger partial charge >= 0.3 is 6.03 Å². The number of anilines is 1. The zero-order chi connectivity index (χ0) is 19.4. The number of nitrogens with one attached hydrogen (secondary N) is 2. The SMILES string of the molecule is CC(=NCCN1CCNCC1)C1C(=O)NC(=O)N(c2ccc(Cl)cc2)C1=O. The lowest BCUT2D eigenvalue weighted by atomic mass is 9.99. The lowest BCUT2D eigenvalue weighted by Crippen LogP contribution is -2.60. The third-order valence-electron chi connectivity index (χ3n) is 4.65. The van der Waals surface area contributed by atoms with Crippen molar-refractivity contribution in [2.75, 3.05) is 44.2 Å². The van der Waals surface area contributed by atoms with Crippen LogP contribution in [0.1, 0.15) is 6.92 Å². The van der Waals surface area contributed by atoms with Gasteiger partial charge < -0.3 is 5.32 Å². The lowest BCUT2D eigenvalue weighted by molar-refractivity contribution is -0.131. The number of nitrogens with zero attached hydrogens (tertiary/aromatic N) is 3. The lowest BCUT2D eigenvalue weighted by Gasteiger charge is -2.30. The molecule has 144 valence electrons. The van der Waals surface area contributed by atoms with Gasteiger partial charge in [0, 0.05) is 43.5 Å². The van der Waals surface area contributed by atoms with Crippen LogP contribution in [0.15, 0.2) is 29.3 Å². The van der Waals surface area contributed by atoms with E-state index in [2.05, 4.69) is 20.5 Å². The van der Waals surface area contributed by atoms with E-state index in [1.54, 1.807) is 31.2 Å². The topological polar surface area (TPSA) is 94.1 Å². The fraction of sp³-hybridized carbons (Fsp3) is 0.444. The normalized spacial score (nSPS) is 22.1. The number of amides is 4. The highest BCUT2D eigenvalue weighted by Crippen LogP contribution is 2.23. The Morgan fingerprint density at radius 2 is 1.85 bits per heavy atom. The molecule has 8 nitrogen and oxygen atoms in total. The highest BCUT2D eigenvalue weighted by molar-refractivity contribution is 6.35. The number of carbonyl (C=O) groups excluding carboxylic acids is 3. The molecule has 2 aliphatic heterocycles. The molecule has 4 amide bonds. The molecule has 0 bridgehead atoms. The fourth-order valence-electron chi connectivity index (χ4n) is 3.17. The second-order valence-electron chi connectivity index (χ2n) is 6.49. The van der Waals surface area contributed by atoms with Crippen molar-refractivity contribution in [2.24, 2.45) is 10.9 Å². The predicted molar refractivity (Wildman–Crippen MR) is 103 cm³/mol. The molecule has 0 aliphatic carbocycles. The van der Waals surface area contributed by atoms with Crippen LogP contribution in [-0.4, -0.2) is 67.7 Å². The molecular weight excluding hydrogens is 370 g/mol. The highest BCUT2D eigenvalue weighted by Gasteiger charge is 2.42. The van der Waals surface area contributed by atoms with E-state index in [1.807, 2.05) is 0 Å². The average molecular weight is 392 g/mol. The van der Waals surface area contributed by atoms with Crippen molar-refractivity contribution < 1.29 is 14.4 Å². The van der Waals surface area contributed by atoms with Gasteiger partial charge in [0.2, 0.25) is 5.91 Å². The molecule has 9 heteroatoms. The largest absolute Gasteiger partial charge is 0.335 e. The Morgan fingerprint density at radius 3 is 2.52 bits per heavy atom. The first-order valence-electron chi connectivity index (χ1n) is 8.86. The number of benzene rings is 1. The van der Waals surface area contributed by atoms with Crippen molar-refractivity contribution >= 4 is 40.8 Å². The smallest absolute Gasteiger partial charge is 0.314 e.